The Morgan fingerprint density at radius 3 is 2.49 bits per heavy atom. The van der Waals surface area contributed by atoms with Gasteiger partial charge in [0.15, 0.2) is 0 Å². The molecule has 2 aromatic carbocycles. The number of alkyl carbamates (subject to hydrolysis) is 1. The molecule has 2 aliphatic rings. The number of nitrogens with one attached hydrogen (secondary N) is 2. The predicted molar refractivity (Wildman–Crippen MR) is 177 cm³/mol. The number of fused-ring (bicyclic) bond motifs is 1. The predicted octanol–water partition coefficient (Wildman–Crippen LogP) is 5.06. The largest absolute Gasteiger partial charge is 0.444 e. The minimum absolute atomic E-state index is 0.139. The van der Waals surface area contributed by atoms with Gasteiger partial charge in [-0.1, -0.05) is 55.8 Å². The maximum atomic E-state index is 14.3. The second-order valence-corrected chi connectivity index (χ2v) is 15.4. The molecule has 9 nitrogen and oxygen atoms in total. The second-order valence-electron chi connectivity index (χ2n) is 13.5. The average molecular weight is 659 g/mol. The molecule has 0 radical (unpaired) electrons. The first-order valence-corrected chi connectivity index (χ1v) is 17.4. The van der Waals surface area contributed by atoms with Crippen LogP contribution in [0.4, 0.5) is 4.79 Å². The highest BCUT2D eigenvalue weighted by atomic mass is 35.5. The number of hydrogen-bond donors (Lipinski definition) is 2. The Morgan fingerprint density at radius 1 is 1.13 bits per heavy atom. The molecule has 2 aromatic rings. The van der Waals surface area contributed by atoms with E-state index in [0.29, 0.717) is 49.7 Å². The van der Waals surface area contributed by atoms with E-state index in [1.807, 2.05) is 69.3 Å². The topological polar surface area (TPSA) is 108 Å². The van der Waals surface area contributed by atoms with Crippen LogP contribution in [-0.2, 0) is 31.7 Å². The van der Waals surface area contributed by atoms with Crippen molar-refractivity contribution in [2.75, 3.05) is 18.8 Å². The van der Waals surface area contributed by atoms with Gasteiger partial charge in [-0.2, -0.15) is 0 Å². The normalized spacial score (nSPS) is 22.0. The van der Waals surface area contributed by atoms with Crippen molar-refractivity contribution < 1.29 is 23.3 Å². The molecule has 2 aliphatic heterocycles. The van der Waals surface area contributed by atoms with E-state index in [1.165, 1.54) is 0 Å². The van der Waals surface area contributed by atoms with E-state index in [-0.39, 0.29) is 29.8 Å². The highest BCUT2D eigenvalue weighted by Crippen LogP contribution is 2.31. The Morgan fingerprint density at radius 2 is 1.84 bits per heavy atom. The van der Waals surface area contributed by atoms with Gasteiger partial charge >= 0.3 is 6.09 Å². The summed E-state index contributed by atoms with van der Waals surface area (Å²) in [5.41, 5.74) is 1.20. The summed E-state index contributed by atoms with van der Waals surface area (Å²) in [7, 11) is -1.28. The fraction of sp³-hybridized carbons (Fsp3) is 0.559. The van der Waals surface area contributed by atoms with Crippen LogP contribution in [0.25, 0.3) is 0 Å². The summed E-state index contributed by atoms with van der Waals surface area (Å²) in [6.07, 6.45) is 0.902. The van der Waals surface area contributed by atoms with Gasteiger partial charge in [-0.15, -0.1) is 0 Å². The fourth-order valence-corrected chi connectivity index (χ4v) is 7.60. The SMILES string of the molecule is Cc1cc(CNC(=O)[C@@H](CC(C)C)N2CCC(CS(=O)c3ccccc3)N3C[C@H](NC(=O)OC(C)(C)C)C[C@H]3C2=O)ccc1Cl. The van der Waals surface area contributed by atoms with Crippen LogP contribution in [0.5, 0.6) is 0 Å². The van der Waals surface area contributed by atoms with Gasteiger partial charge in [0.1, 0.15) is 11.6 Å². The van der Waals surface area contributed by atoms with Crippen molar-refractivity contribution in [1.29, 1.82) is 0 Å². The molecule has 0 aromatic heterocycles. The molecule has 0 saturated carbocycles. The lowest BCUT2D eigenvalue weighted by Crippen LogP contribution is -2.53. The lowest BCUT2D eigenvalue weighted by molar-refractivity contribution is -0.143. The van der Waals surface area contributed by atoms with Crippen molar-refractivity contribution in [2.24, 2.45) is 5.92 Å². The molecule has 2 heterocycles. The van der Waals surface area contributed by atoms with Gasteiger partial charge in [0.2, 0.25) is 11.8 Å². The van der Waals surface area contributed by atoms with E-state index >= 15 is 0 Å². The molecule has 2 unspecified atom stereocenters. The van der Waals surface area contributed by atoms with Gasteiger partial charge in [-0.25, -0.2) is 4.79 Å². The van der Waals surface area contributed by atoms with Crippen LogP contribution in [0, 0.1) is 12.8 Å². The number of carbonyl (C=O) groups excluding carboxylic acids is 3. The maximum absolute atomic E-state index is 14.3. The van der Waals surface area contributed by atoms with Crippen molar-refractivity contribution in [2.45, 2.75) is 102 Å². The Hall–Kier alpha value is -2.95. The number of nitrogens with zero attached hydrogens (tertiary/aromatic N) is 2. The zero-order valence-corrected chi connectivity index (χ0v) is 28.7. The number of aryl methyl sites for hydroxylation is 1. The Balaban J connectivity index is 1.57. The van der Waals surface area contributed by atoms with Crippen molar-refractivity contribution in [3.8, 4) is 0 Å². The Bertz CT molecular complexity index is 1380. The quantitative estimate of drug-likeness (QED) is 0.370. The number of halogens is 1. The van der Waals surface area contributed by atoms with Crippen LogP contribution in [0.1, 0.15) is 65.0 Å². The molecule has 0 spiro atoms. The first-order chi connectivity index (χ1) is 21.2. The van der Waals surface area contributed by atoms with Crippen LogP contribution >= 0.6 is 11.6 Å². The minimum Gasteiger partial charge on any atom is -0.444 e. The van der Waals surface area contributed by atoms with E-state index < -0.39 is 34.6 Å². The lowest BCUT2D eigenvalue weighted by atomic mass is 10.00. The first kappa shape index (κ1) is 34.9. The van der Waals surface area contributed by atoms with Gasteiger partial charge in [-0.3, -0.25) is 18.7 Å². The highest BCUT2D eigenvalue weighted by molar-refractivity contribution is 7.85. The lowest BCUT2D eigenvalue weighted by Gasteiger charge is -2.33. The molecule has 2 fully saturated rings. The van der Waals surface area contributed by atoms with Gasteiger partial charge in [0, 0.05) is 47.4 Å². The minimum atomic E-state index is -1.28. The summed E-state index contributed by atoms with van der Waals surface area (Å²) in [4.78, 5) is 45.3. The summed E-state index contributed by atoms with van der Waals surface area (Å²) in [6.45, 7) is 12.5. The summed E-state index contributed by atoms with van der Waals surface area (Å²) < 4.78 is 19.0. The third kappa shape index (κ3) is 9.53. The number of carbonyl (C=O) groups is 3. The summed E-state index contributed by atoms with van der Waals surface area (Å²) in [5, 5.41) is 6.67. The fourth-order valence-electron chi connectivity index (χ4n) is 6.12. The molecular formula is C34H47ClN4O5S. The van der Waals surface area contributed by atoms with E-state index in [4.69, 9.17) is 16.3 Å². The number of hydrogen-bond acceptors (Lipinski definition) is 6. The first-order valence-electron chi connectivity index (χ1n) is 15.7. The molecule has 2 saturated heterocycles. The molecule has 11 heteroatoms. The molecule has 3 amide bonds. The molecule has 4 rings (SSSR count). The van der Waals surface area contributed by atoms with Crippen LogP contribution in [0.3, 0.4) is 0 Å². The standard InChI is InChI=1S/C34H47ClN4O5S/c1-22(2)16-29(31(40)36-19-24-12-13-28(35)23(3)17-24)38-15-14-26(21-45(43)27-10-8-7-9-11-27)39-20-25(18-30(39)32(38)41)37-33(42)44-34(4,5)6/h7-13,17,22,25-26,29-30H,14-16,18-21H2,1-6H3,(H,36,40)(H,37,42)/t25-,26?,29-,30+,45?/m1/s1. The highest BCUT2D eigenvalue weighted by Gasteiger charge is 2.47. The summed E-state index contributed by atoms with van der Waals surface area (Å²) >= 11 is 6.19. The van der Waals surface area contributed by atoms with Crippen LogP contribution in [0.2, 0.25) is 5.02 Å². The number of ether oxygens (including phenoxy) is 1. The Labute approximate surface area is 274 Å². The summed E-state index contributed by atoms with van der Waals surface area (Å²) in [5.74, 6) is 0.165. The van der Waals surface area contributed by atoms with Crippen LogP contribution < -0.4 is 10.6 Å². The van der Waals surface area contributed by atoms with E-state index in [9.17, 15) is 18.6 Å². The molecule has 246 valence electrons. The van der Waals surface area contributed by atoms with Crippen molar-refractivity contribution in [3.05, 3.63) is 64.7 Å². The zero-order chi connectivity index (χ0) is 32.9. The molecular weight excluding hydrogens is 612 g/mol. The van der Waals surface area contributed by atoms with Gasteiger partial charge in [0.25, 0.3) is 0 Å². The van der Waals surface area contributed by atoms with E-state index in [2.05, 4.69) is 15.5 Å². The smallest absolute Gasteiger partial charge is 0.407 e. The number of benzene rings is 2. The monoisotopic (exact) mass is 658 g/mol. The van der Waals surface area contributed by atoms with Gasteiger partial charge in [-0.05, 0) is 82.2 Å². The number of amides is 3. The molecule has 0 aliphatic carbocycles. The van der Waals surface area contributed by atoms with E-state index in [1.54, 1.807) is 25.7 Å². The average Bonchev–Trinajstić information content (AvgIpc) is 3.33. The van der Waals surface area contributed by atoms with Crippen molar-refractivity contribution >= 4 is 40.3 Å². The molecule has 5 atom stereocenters. The maximum Gasteiger partial charge on any atom is 0.407 e. The Kier molecular flexibility index (Phi) is 11.7. The van der Waals surface area contributed by atoms with E-state index in [0.717, 1.165) is 16.0 Å². The van der Waals surface area contributed by atoms with Crippen molar-refractivity contribution in [1.82, 2.24) is 20.4 Å². The van der Waals surface area contributed by atoms with Gasteiger partial charge in [0.05, 0.1) is 16.8 Å². The van der Waals surface area contributed by atoms with Gasteiger partial charge < -0.3 is 20.3 Å². The van der Waals surface area contributed by atoms with Crippen LogP contribution in [-0.4, -0.2) is 80.5 Å². The number of rotatable bonds is 10. The van der Waals surface area contributed by atoms with Crippen LogP contribution in [0.15, 0.2) is 53.4 Å². The molecule has 45 heavy (non-hydrogen) atoms. The third-order valence-electron chi connectivity index (χ3n) is 8.21. The second kappa shape index (κ2) is 15.1. The zero-order valence-electron chi connectivity index (χ0n) is 27.2. The molecule has 0 bridgehead atoms. The third-order valence-corrected chi connectivity index (χ3v) is 10.1. The van der Waals surface area contributed by atoms with Crippen molar-refractivity contribution in [3.63, 3.8) is 0 Å². The molecule has 2 N–H and O–H groups in total. The summed E-state index contributed by atoms with van der Waals surface area (Å²) in [6, 6.07) is 13.2.